The molecule has 0 aliphatic rings. The predicted molar refractivity (Wildman–Crippen MR) is 42.1 cm³/mol. The molecule has 0 amide bonds. The van der Waals surface area contributed by atoms with Crippen LogP contribution < -0.4 is 0 Å². The van der Waals surface area contributed by atoms with Gasteiger partial charge in [0.15, 0.2) is 0 Å². The van der Waals surface area contributed by atoms with Crippen LogP contribution in [-0.4, -0.2) is 6.08 Å². The van der Waals surface area contributed by atoms with E-state index < -0.39 is 0 Å². The molecule has 0 saturated heterocycles. The number of rotatable bonds is 0. The van der Waals surface area contributed by atoms with Gasteiger partial charge in [-0.2, -0.15) is 0 Å². The van der Waals surface area contributed by atoms with Gasteiger partial charge in [-0.3, -0.25) is 0 Å². The zero-order valence-corrected chi connectivity index (χ0v) is 6.14. The molecular formula is C7H7NOS. The Morgan fingerprint density at radius 1 is 1.30 bits per heavy atom. The fraction of sp³-hybridized carbons (Fsp3) is 0. The maximum atomic E-state index is 8.35. The van der Waals surface area contributed by atoms with Gasteiger partial charge in [-0.25, -0.2) is 10.2 Å². The molecule has 0 unspecified atom stereocenters. The predicted octanol–water partition coefficient (Wildman–Crippen LogP) is 1.88. The van der Waals surface area contributed by atoms with E-state index in [1.165, 1.54) is 0 Å². The highest BCUT2D eigenvalue weighted by atomic mass is 32.1. The highest BCUT2D eigenvalue weighted by Gasteiger charge is 1.73. The molecular weight excluding hydrogens is 146 g/mol. The van der Waals surface area contributed by atoms with Gasteiger partial charge < -0.3 is 0 Å². The van der Waals surface area contributed by atoms with Crippen LogP contribution >= 0.6 is 12.6 Å². The lowest BCUT2D eigenvalue weighted by Gasteiger charge is -1.81. The van der Waals surface area contributed by atoms with Crippen LogP contribution in [0.5, 0.6) is 0 Å². The summed E-state index contributed by atoms with van der Waals surface area (Å²) in [5, 5.41) is 5.40. The van der Waals surface area contributed by atoms with Crippen LogP contribution in [-0.2, 0) is 4.79 Å². The minimum absolute atomic E-state index is 0.750. The topological polar surface area (TPSA) is 40.9 Å². The highest BCUT2D eigenvalue weighted by molar-refractivity contribution is 7.80. The second-order valence-electron chi connectivity index (χ2n) is 1.44. The molecule has 2 nitrogen and oxygen atoms in total. The molecule has 0 aliphatic carbocycles. The normalized spacial score (nSPS) is 6.90. The van der Waals surface area contributed by atoms with E-state index in [0.29, 0.717) is 0 Å². The first-order valence-corrected chi connectivity index (χ1v) is 3.04. The molecule has 3 heteroatoms. The molecule has 0 aromatic heterocycles. The summed E-state index contributed by atoms with van der Waals surface area (Å²) in [7, 11) is 0. The van der Waals surface area contributed by atoms with Gasteiger partial charge in [0.05, 0.1) is 0 Å². The molecule has 1 N–H and O–H groups in total. The zero-order chi connectivity index (χ0) is 7.82. The molecule has 10 heavy (non-hydrogen) atoms. The summed E-state index contributed by atoms with van der Waals surface area (Å²) in [6.07, 6.45) is 0.750. The van der Waals surface area contributed by atoms with E-state index in [1.54, 1.807) is 0 Å². The first kappa shape index (κ1) is 8.95. The summed E-state index contributed by atoms with van der Waals surface area (Å²) in [5.74, 6) is 0. The zero-order valence-electron chi connectivity index (χ0n) is 5.24. The SMILES string of the molecule is N=C=O.Sc1ccccc1. The molecule has 0 bridgehead atoms. The minimum Gasteiger partial charge on any atom is -0.222 e. The first-order valence-electron chi connectivity index (χ1n) is 2.59. The Kier molecular flexibility index (Phi) is 5.44. The summed E-state index contributed by atoms with van der Waals surface area (Å²) in [4.78, 5) is 9.36. The van der Waals surface area contributed by atoms with Gasteiger partial charge in [0, 0.05) is 4.90 Å². The number of isocyanates is 1. The van der Waals surface area contributed by atoms with Crippen LogP contribution in [0.3, 0.4) is 0 Å². The molecule has 0 aliphatic heterocycles. The van der Waals surface area contributed by atoms with Gasteiger partial charge in [0.1, 0.15) is 0 Å². The third-order valence-corrected chi connectivity index (χ3v) is 1.05. The maximum absolute atomic E-state index is 8.35. The molecule has 0 saturated carbocycles. The number of benzene rings is 1. The van der Waals surface area contributed by atoms with Gasteiger partial charge in [0.2, 0.25) is 6.08 Å². The number of thiol groups is 1. The molecule has 0 atom stereocenters. The van der Waals surface area contributed by atoms with Gasteiger partial charge in [0.25, 0.3) is 0 Å². The van der Waals surface area contributed by atoms with E-state index in [4.69, 9.17) is 10.2 Å². The van der Waals surface area contributed by atoms with E-state index in [2.05, 4.69) is 12.6 Å². The highest BCUT2D eigenvalue weighted by Crippen LogP contribution is 2.00. The summed E-state index contributed by atoms with van der Waals surface area (Å²) < 4.78 is 0. The number of nitrogens with one attached hydrogen (secondary N) is 1. The summed E-state index contributed by atoms with van der Waals surface area (Å²) in [5.41, 5.74) is 0. The van der Waals surface area contributed by atoms with Crippen molar-refractivity contribution in [2.45, 2.75) is 4.90 Å². The van der Waals surface area contributed by atoms with Gasteiger partial charge in [-0.15, -0.1) is 12.6 Å². The van der Waals surface area contributed by atoms with Crippen LogP contribution in [0.2, 0.25) is 0 Å². The molecule has 52 valence electrons. The molecule has 0 fully saturated rings. The summed E-state index contributed by atoms with van der Waals surface area (Å²) >= 11 is 4.08. The first-order chi connectivity index (χ1) is 4.81. The largest absolute Gasteiger partial charge is 0.231 e. The lowest BCUT2D eigenvalue weighted by molar-refractivity contribution is 0.563. The quantitative estimate of drug-likeness (QED) is 0.333. The Labute approximate surface area is 64.8 Å². The molecule has 1 aromatic carbocycles. The van der Waals surface area contributed by atoms with Crippen molar-refractivity contribution >= 4 is 18.7 Å². The molecule has 0 spiro atoms. The average Bonchev–Trinajstić information content (AvgIpc) is 1.91. The second kappa shape index (κ2) is 6.08. The monoisotopic (exact) mass is 153 g/mol. The van der Waals surface area contributed by atoms with Crippen LogP contribution in [0.15, 0.2) is 35.2 Å². The minimum atomic E-state index is 0.750. The van der Waals surface area contributed by atoms with Crippen molar-refractivity contribution < 1.29 is 4.79 Å². The lowest BCUT2D eigenvalue weighted by atomic mass is 10.4. The Morgan fingerprint density at radius 3 is 1.90 bits per heavy atom. The Hall–Kier alpha value is -1.05. The third kappa shape index (κ3) is 5.09. The van der Waals surface area contributed by atoms with Crippen molar-refractivity contribution in [1.82, 2.24) is 0 Å². The van der Waals surface area contributed by atoms with Gasteiger partial charge in [-0.1, -0.05) is 18.2 Å². The number of carbonyl (C=O) groups excluding carboxylic acids is 1. The summed E-state index contributed by atoms with van der Waals surface area (Å²) in [6.45, 7) is 0. The van der Waals surface area contributed by atoms with E-state index >= 15 is 0 Å². The Balaban J connectivity index is 0.000000236. The van der Waals surface area contributed by atoms with Crippen LogP contribution in [0.4, 0.5) is 0 Å². The van der Waals surface area contributed by atoms with Crippen LogP contribution in [0, 0.1) is 5.41 Å². The average molecular weight is 153 g/mol. The van der Waals surface area contributed by atoms with Crippen molar-refractivity contribution in [2.24, 2.45) is 0 Å². The van der Waals surface area contributed by atoms with Crippen molar-refractivity contribution in [2.75, 3.05) is 0 Å². The molecule has 0 heterocycles. The lowest BCUT2D eigenvalue weighted by Crippen LogP contribution is -1.56. The molecule has 1 aromatic rings. The van der Waals surface area contributed by atoms with Crippen LogP contribution in [0.1, 0.15) is 0 Å². The van der Waals surface area contributed by atoms with Gasteiger partial charge in [-0.05, 0) is 12.1 Å². The fourth-order valence-electron chi connectivity index (χ4n) is 0.428. The van der Waals surface area contributed by atoms with E-state index in [0.717, 1.165) is 11.0 Å². The van der Waals surface area contributed by atoms with Gasteiger partial charge >= 0.3 is 0 Å². The Bertz CT molecular complexity index is 204. The van der Waals surface area contributed by atoms with Crippen molar-refractivity contribution in [3.8, 4) is 0 Å². The number of hydrogen-bond donors (Lipinski definition) is 2. The molecule has 1 rings (SSSR count). The van der Waals surface area contributed by atoms with Crippen molar-refractivity contribution in [1.29, 1.82) is 5.41 Å². The van der Waals surface area contributed by atoms with Crippen molar-refractivity contribution in [3.05, 3.63) is 30.3 Å². The standard InChI is InChI=1S/C6H6S.CHNO/c7-6-4-2-1-3-5-6;2-1-3/h1-5,7H;2H. The fourth-order valence-corrected chi connectivity index (χ4v) is 0.600. The van der Waals surface area contributed by atoms with Crippen molar-refractivity contribution in [3.63, 3.8) is 0 Å². The molecule has 0 radical (unpaired) electrons. The second-order valence-corrected chi connectivity index (χ2v) is 1.95. The summed E-state index contributed by atoms with van der Waals surface area (Å²) in [6, 6.07) is 9.79. The van der Waals surface area contributed by atoms with E-state index in [-0.39, 0.29) is 0 Å². The maximum Gasteiger partial charge on any atom is 0.231 e. The van der Waals surface area contributed by atoms with E-state index in [9.17, 15) is 0 Å². The third-order valence-electron chi connectivity index (χ3n) is 0.756. The van der Waals surface area contributed by atoms with Crippen LogP contribution in [0.25, 0.3) is 0 Å². The Morgan fingerprint density at radius 2 is 1.70 bits per heavy atom. The van der Waals surface area contributed by atoms with E-state index in [1.807, 2.05) is 30.3 Å². The number of hydrogen-bond acceptors (Lipinski definition) is 3. The smallest absolute Gasteiger partial charge is 0.222 e.